The average molecular weight is 291 g/mol. The van der Waals surface area contributed by atoms with E-state index in [-0.39, 0.29) is 33.0 Å². The van der Waals surface area contributed by atoms with Crippen molar-refractivity contribution in [3.8, 4) is 0 Å². The number of hydrogen-bond acceptors (Lipinski definition) is 9. The van der Waals surface area contributed by atoms with Crippen molar-refractivity contribution in [3.05, 3.63) is 0 Å². The Morgan fingerprint density at radius 2 is 1.61 bits per heavy atom. The molecule has 0 rings (SSSR count). The van der Waals surface area contributed by atoms with Crippen molar-refractivity contribution in [1.29, 1.82) is 0 Å². The molecule has 0 saturated carbocycles. The van der Waals surface area contributed by atoms with Gasteiger partial charge in [-0.1, -0.05) is 5.23 Å². The largest absolute Gasteiger partial charge is 0.394 e. The minimum atomic E-state index is -4.10. The molecule has 0 fully saturated rings. The van der Waals surface area contributed by atoms with Gasteiger partial charge in [-0.05, 0) is 0 Å². The van der Waals surface area contributed by atoms with Crippen LogP contribution in [0.5, 0.6) is 0 Å². The number of nitrogens with two attached hydrogens (primary N) is 2. The van der Waals surface area contributed by atoms with Crippen molar-refractivity contribution in [1.82, 2.24) is 5.23 Å². The van der Waals surface area contributed by atoms with Gasteiger partial charge in [0.15, 0.2) is 0 Å². The fourth-order valence-corrected chi connectivity index (χ4v) is 0.741. The van der Waals surface area contributed by atoms with Crippen LogP contribution in [0.3, 0.4) is 0 Å². The van der Waals surface area contributed by atoms with Crippen molar-refractivity contribution >= 4 is 10.1 Å². The van der Waals surface area contributed by atoms with E-state index >= 15 is 0 Å². The Kier molecular flexibility index (Phi) is 13.0. The fraction of sp³-hybridized carbons (Fsp3) is 1.00. The minimum Gasteiger partial charge on any atom is -0.394 e. The van der Waals surface area contributed by atoms with E-state index in [0.29, 0.717) is 0 Å². The summed E-state index contributed by atoms with van der Waals surface area (Å²) < 4.78 is 27.9. The maximum Gasteiger partial charge on any atom is 0.282 e. The van der Waals surface area contributed by atoms with Gasteiger partial charge in [-0.15, -0.1) is 0 Å². The molecule has 0 radical (unpaired) electrons. The Hall–Kier alpha value is -0.370. The summed E-state index contributed by atoms with van der Waals surface area (Å²) in [4.78, 5) is 9.49. The van der Waals surface area contributed by atoms with E-state index in [1.807, 2.05) is 0 Å². The van der Waals surface area contributed by atoms with Gasteiger partial charge in [0, 0.05) is 13.6 Å². The first kappa shape index (κ1) is 20.0. The molecule has 1 unspecified atom stereocenters. The molecule has 10 nitrogen and oxygen atoms in total. The summed E-state index contributed by atoms with van der Waals surface area (Å²) in [5.74, 6) is 0. The first-order valence-electron chi connectivity index (χ1n) is 4.92. The second kappa shape index (κ2) is 11.7. The molecule has 11 heteroatoms. The lowest BCUT2D eigenvalue weighted by atomic mass is 10.7. The Morgan fingerprint density at radius 3 is 1.78 bits per heavy atom. The zero-order valence-electron chi connectivity index (χ0n) is 10.1. The monoisotopic (exact) mass is 291 g/mol. The van der Waals surface area contributed by atoms with Crippen LogP contribution in [0, 0.1) is 0 Å². The van der Waals surface area contributed by atoms with E-state index < -0.39 is 15.5 Å². The maximum atomic E-state index is 9.91. The smallest absolute Gasteiger partial charge is 0.282 e. The number of aliphatic hydroxyl groups excluding tert-OH is 2. The molecule has 0 amide bonds. The summed E-state index contributed by atoms with van der Waals surface area (Å²) in [5, 5.41) is 16.3. The Balaban J connectivity index is 0. The highest BCUT2D eigenvalue weighted by Gasteiger charge is 2.14. The highest BCUT2D eigenvalue weighted by Crippen LogP contribution is 1.85. The summed E-state index contributed by atoms with van der Waals surface area (Å²) in [6.45, 7) is 0.0301. The second-order valence-corrected chi connectivity index (χ2v) is 4.48. The molecule has 0 aliphatic carbocycles. The van der Waals surface area contributed by atoms with Crippen molar-refractivity contribution < 1.29 is 32.9 Å². The highest BCUT2D eigenvalue weighted by atomic mass is 32.2. The number of nitrogens with zero attached hydrogens (tertiary/aromatic N) is 1. The average Bonchev–Trinajstić information content (AvgIpc) is 2.32. The lowest BCUT2D eigenvalue weighted by Gasteiger charge is -2.13. The van der Waals surface area contributed by atoms with Crippen LogP contribution in [0.15, 0.2) is 0 Å². The number of hydroxylamine groups is 2. The maximum absolute atomic E-state index is 9.91. The first-order chi connectivity index (χ1) is 8.29. The Labute approximate surface area is 106 Å². The van der Waals surface area contributed by atoms with Crippen LogP contribution < -0.4 is 11.5 Å². The Morgan fingerprint density at radius 1 is 1.22 bits per heavy atom. The summed E-state index contributed by atoms with van der Waals surface area (Å²) in [7, 11) is -2.55. The molecule has 18 heavy (non-hydrogen) atoms. The summed E-state index contributed by atoms with van der Waals surface area (Å²) in [6.07, 6.45) is 0. The first-order valence-corrected chi connectivity index (χ1v) is 6.43. The third kappa shape index (κ3) is 13.7. The summed E-state index contributed by atoms with van der Waals surface area (Å²) >= 11 is 0. The molecule has 0 spiro atoms. The van der Waals surface area contributed by atoms with Gasteiger partial charge in [-0.2, -0.15) is 8.42 Å². The highest BCUT2D eigenvalue weighted by molar-refractivity contribution is 7.86. The minimum absolute atomic E-state index is 0.0488. The second-order valence-electron chi connectivity index (χ2n) is 2.84. The summed E-state index contributed by atoms with van der Waals surface area (Å²) in [5.41, 5.74) is 9.58. The molecule has 0 aromatic heterocycles. The molecule has 0 bridgehead atoms. The van der Waals surface area contributed by atoms with Gasteiger partial charge in [0.05, 0.1) is 26.4 Å². The zero-order valence-corrected chi connectivity index (χ0v) is 10.9. The predicted molar refractivity (Wildman–Crippen MR) is 62.4 cm³/mol. The van der Waals surface area contributed by atoms with Gasteiger partial charge in [0.2, 0.25) is 0 Å². The lowest BCUT2D eigenvalue weighted by Crippen LogP contribution is -2.37. The van der Waals surface area contributed by atoms with E-state index in [2.05, 4.69) is 0 Å². The molecule has 0 aliphatic rings. The van der Waals surface area contributed by atoms with Crippen LogP contribution in [0.2, 0.25) is 0 Å². The van der Waals surface area contributed by atoms with Gasteiger partial charge >= 0.3 is 0 Å². The molecule has 0 aromatic carbocycles. The molecule has 0 aliphatic heterocycles. The topological polar surface area (TPSA) is 169 Å². The number of aliphatic hydroxyl groups is 2. The van der Waals surface area contributed by atoms with Crippen LogP contribution >= 0.6 is 0 Å². The molecule has 0 saturated heterocycles. The van der Waals surface area contributed by atoms with Crippen LogP contribution in [-0.4, -0.2) is 73.8 Å². The van der Waals surface area contributed by atoms with E-state index in [0.717, 1.165) is 5.23 Å². The zero-order chi connectivity index (χ0) is 14.6. The third-order valence-electron chi connectivity index (χ3n) is 1.34. The quantitative estimate of drug-likeness (QED) is 0.228. The normalized spacial score (nSPS) is 13.1. The van der Waals surface area contributed by atoms with Crippen molar-refractivity contribution in [2.45, 2.75) is 5.37 Å². The van der Waals surface area contributed by atoms with Crippen LogP contribution in [0.25, 0.3) is 0 Å². The lowest BCUT2D eigenvalue weighted by molar-refractivity contribution is -0.356. The van der Waals surface area contributed by atoms with Gasteiger partial charge < -0.3 is 21.7 Å². The standard InChI is InChI=1S/C5H13NO4.C2H8N2O3S/c1-6(9-4-2-7)10-5-3-8;3-1-2(4)8(5,6)7/h7-8H,2-5H2,1H3;2H,1,3-4H2,(H,5,6,7). The predicted octanol–water partition coefficient (Wildman–Crippen LogP) is -3.12. The molecular formula is C7H21N3O7S. The van der Waals surface area contributed by atoms with Crippen molar-refractivity contribution in [2.75, 3.05) is 40.0 Å². The van der Waals surface area contributed by atoms with Gasteiger partial charge in [-0.25, -0.2) is 0 Å². The molecule has 0 aromatic rings. The fourth-order valence-electron chi connectivity index (χ4n) is 0.498. The SMILES string of the molecule is CN(OCCO)OCCO.NCC(N)S(=O)(=O)O. The van der Waals surface area contributed by atoms with E-state index in [9.17, 15) is 8.42 Å². The molecule has 0 heterocycles. The Bertz CT molecular complexity index is 266. The third-order valence-corrected chi connectivity index (χ3v) is 2.30. The van der Waals surface area contributed by atoms with Crippen LogP contribution in [0.4, 0.5) is 0 Å². The molecule has 7 N–H and O–H groups in total. The van der Waals surface area contributed by atoms with E-state index in [1.54, 1.807) is 7.05 Å². The number of hydrogen-bond donors (Lipinski definition) is 5. The van der Waals surface area contributed by atoms with E-state index in [1.165, 1.54) is 0 Å². The van der Waals surface area contributed by atoms with Gasteiger partial charge in [-0.3, -0.25) is 14.2 Å². The molecule has 112 valence electrons. The van der Waals surface area contributed by atoms with E-state index in [4.69, 9.17) is 35.9 Å². The van der Waals surface area contributed by atoms with Crippen molar-refractivity contribution in [3.63, 3.8) is 0 Å². The van der Waals surface area contributed by atoms with Gasteiger partial charge in [0.25, 0.3) is 10.1 Å². The number of rotatable bonds is 8. The van der Waals surface area contributed by atoms with Crippen LogP contribution in [-0.2, 0) is 19.8 Å². The van der Waals surface area contributed by atoms with Gasteiger partial charge in [0.1, 0.15) is 5.37 Å². The summed E-state index contributed by atoms with van der Waals surface area (Å²) in [6, 6.07) is 0. The van der Waals surface area contributed by atoms with Crippen LogP contribution in [0.1, 0.15) is 0 Å². The molecular weight excluding hydrogens is 270 g/mol. The van der Waals surface area contributed by atoms with Crippen molar-refractivity contribution in [2.24, 2.45) is 11.5 Å². The molecule has 1 atom stereocenters.